The van der Waals surface area contributed by atoms with E-state index in [-0.39, 0.29) is 0 Å². The molecule has 0 aliphatic carbocycles. The first-order valence-corrected chi connectivity index (χ1v) is 6.83. The number of hydrogen-bond acceptors (Lipinski definition) is 2. The molecule has 0 aliphatic heterocycles. The predicted octanol–water partition coefficient (Wildman–Crippen LogP) is 4.50. The quantitative estimate of drug-likeness (QED) is 0.829. The molecule has 0 unspecified atom stereocenters. The third kappa shape index (κ3) is 2.40. The molecule has 0 atom stereocenters. The fraction of sp³-hybridized carbons (Fsp3) is 0.308. The second-order valence-electron chi connectivity index (χ2n) is 3.79. The minimum Gasteiger partial charge on any atom is -0.372 e. The maximum absolute atomic E-state index is 6.28. The van der Waals surface area contributed by atoms with Gasteiger partial charge in [0.05, 0.1) is 15.0 Å². The normalized spacial score (nSPS) is 10.8. The Labute approximate surface area is 115 Å². The zero-order valence-corrected chi connectivity index (χ0v) is 12.2. The molecular weight excluding hydrogens is 300 g/mol. The van der Waals surface area contributed by atoms with Gasteiger partial charge in [0.2, 0.25) is 0 Å². The van der Waals surface area contributed by atoms with E-state index in [2.05, 4.69) is 51.8 Å². The van der Waals surface area contributed by atoms with Crippen molar-refractivity contribution in [3.63, 3.8) is 0 Å². The Balaban J connectivity index is 2.59. The average Bonchev–Trinajstić information content (AvgIpc) is 2.36. The van der Waals surface area contributed by atoms with E-state index >= 15 is 0 Å². The number of fused-ring (bicyclic) bond motifs is 1. The van der Waals surface area contributed by atoms with Crippen molar-refractivity contribution in [2.24, 2.45) is 0 Å². The average molecular weight is 314 g/mol. The number of aromatic nitrogens is 1. The molecular formula is C13H14BrClN2. The highest BCUT2D eigenvalue weighted by atomic mass is 79.9. The summed E-state index contributed by atoms with van der Waals surface area (Å²) in [5, 5.41) is 1.72. The van der Waals surface area contributed by atoms with E-state index in [9.17, 15) is 0 Å². The van der Waals surface area contributed by atoms with Crippen LogP contribution >= 0.6 is 27.5 Å². The van der Waals surface area contributed by atoms with Gasteiger partial charge >= 0.3 is 0 Å². The van der Waals surface area contributed by atoms with Crippen LogP contribution in [0.15, 0.2) is 28.9 Å². The molecule has 0 spiro atoms. The number of pyridine rings is 1. The van der Waals surface area contributed by atoms with Gasteiger partial charge in [-0.3, -0.25) is 4.98 Å². The van der Waals surface area contributed by atoms with Gasteiger partial charge in [0.25, 0.3) is 0 Å². The Morgan fingerprint density at radius 1 is 1.29 bits per heavy atom. The molecule has 17 heavy (non-hydrogen) atoms. The van der Waals surface area contributed by atoms with Crippen LogP contribution in [0.25, 0.3) is 10.9 Å². The summed E-state index contributed by atoms with van der Waals surface area (Å²) in [5.74, 6) is 0. The number of benzene rings is 1. The number of nitrogens with zero attached hydrogens (tertiary/aromatic N) is 2. The van der Waals surface area contributed by atoms with Gasteiger partial charge in [0, 0.05) is 30.4 Å². The third-order valence-corrected chi connectivity index (χ3v) is 4.11. The van der Waals surface area contributed by atoms with E-state index in [4.69, 9.17) is 11.6 Å². The minimum atomic E-state index is 0.726. The van der Waals surface area contributed by atoms with Crippen molar-refractivity contribution >= 4 is 44.1 Å². The van der Waals surface area contributed by atoms with Gasteiger partial charge in [0.15, 0.2) is 0 Å². The molecule has 1 heterocycles. The summed E-state index contributed by atoms with van der Waals surface area (Å²) in [6, 6.07) is 6.20. The van der Waals surface area contributed by atoms with Crippen molar-refractivity contribution in [2.75, 3.05) is 18.0 Å². The van der Waals surface area contributed by atoms with Crippen LogP contribution in [0, 0.1) is 0 Å². The first-order chi connectivity index (χ1) is 8.17. The van der Waals surface area contributed by atoms with E-state index in [0.29, 0.717) is 0 Å². The van der Waals surface area contributed by atoms with Gasteiger partial charge in [0.1, 0.15) is 0 Å². The number of hydrogen-bond donors (Lipinski definition) is 0. The summed E-state index contributed by atoms with van der Waals surface area (Å²) in [5.41, 5.74) is 2.11. The Morgan fingerprint density at radius 2 is 2.00 bits per heavy atom. The van der Waals surface area contributed by atoms with Crippen molar-refractivity contribution in [1.29, 1.82) is 0 Å². The molecule has 4 heteroatoms. The van der Waals surface area contributed by atoms with E-state index in [1.54, 1.807) is 6.20 Å². The van der Waals surface area contributed by atoms with Crippen LogP contribution in [-0.2, 0) is 0 Å². The molecule has 2 nitrogen and oxygen atoms in total. The molecule has 0 bridgehead atoms. The summed E-state index contributed by atoms with van der Waals surface area (Å²) in [4.78, 5) is 6.63. The lowest BCUT2D eigenvalue weighted by Gasteiger charge is -2.21. The monoisotopic (exact) mass is 312 g/mol. The van der Waals surface area contributed by atoms with Gasteiger partial charge in [-0.25, -0.2) is 0 Å². The van der Waals surface area contributed by atoms with Gasteiger partial charge < -0.3 is 4.90 Å². The number of halogens is 2. The van der Waals surface area contributed by atoms with Crippen LogP contribution in [0.1, 0.15) is 13.8 Å². The smallest absolute Gasteiger partial charge is 0.0719 e. The van der Waals surface area contributed by atoms with Crippen molar-refractivity contribution in [3.05, 3.63) is 33.9 Å². The molecule has 0 aliphatic rings. The summed E-state index contributed by atoms with van der Waals surface area (Å²) in [7, 11) is 0. The standard InChI is InChI=1S/C13H14BrClN2/c1-3-17(4-2)9-5-6-12-10(7-9)13(15)11(14)8-16-12/h5-8H,3-4H2,1-2H3. The van der Waals surface area contributed by atoms with Crippen molar-refractivity contribution in [1.82, 2.24) is 4.98 Å². The highest BCUT2D eigenvalue weighted by molar-refractivity contribution is 9.10. The highest BCUT2D eigenvalue weighted by Crippen LogP contribution is 2.31. The largest absolute Gasteiger partial charge is 0.372 e. The van der Waals surface area contributed by atoms with Gasteiger partial charge in [-0.2, -0.15) is 0 Å². The summed E-state index contributed by atoms with van der Waals surface area (Å²) < 4.78 is 0.836. The molecule has 0 radical (unpaired) electrons. The Bertz CT molecular complexity index is 538. The molecule has 0 saturated carbocycles. The van der Waals surface area contributed by atoms with Gasteiger partial charge in [-0.05, 0) is 48.0 Å². The minimum absolute atomic E-state index is 0.726. The molecule has 0 N–H and O–H groups in total. The third-order valence-electron chi connectivity index (χ3n) is 2.87. The predicted molar refractivity (Wildman–Crippen MR) is 78.0 cm³/mol. The van der Waals surface area contributed by atoms with Crippen LogP contribution in [0.2, 0.25) is 5.02 Å². The SMILES string of the molecule is CCN(CC)c1ccc2ncc(Br)c(Cl)c2c1. The molecule has 0 amide bonds. The van der Waals surface area contributed by atoms with Crippen LogP contribution in [-0.4, -0.2) is 18.1 Å². The fourth-order valence-corrected chi connectivity index (χ4v) is 2.43. The van der Waals surface area contributed by atoms with Crippen molar-refractivity contribution < 1.29 is 0 Å². The molecule has 1 aromatic heterocycles. The summed E-state index contributed by atoms with van der Waals surface area (Å²) in [6.07, 6.45) is 1.74. The lowest BCUT2D eigenvalue weighted by Crippen LogP contribution is -2.21. The van der Waals surface area contributed by atoms with Crippen molar-refractivity contribution in [2.45, 2.75) is 13.8 Å². The maximum Gasteiger partial charge on any atom is 0.0719 e. The van der Waals surface area contributed by atoms with Crippen molar-refractivity contribution in [3.8, 4) is 0 Å². The lowest BCUT2D eigenvalue weighted by atomic mass is 10.2. The second kappa shape index (κ2) is 5.23. The summed E-state index contributed by atoms with van der Waals surface area (Å²) in [6.45, 7) is 6.27. The highest BCUT2D eigenvalue weighted by Gasteiger charge is 2.08. The lowest BCUT2D eigenvalue weighted by molar-refractivity contribution is 0.867. The molecule has 2 rings (SSSR count). The van der Waals surface area contributed by atoms with Gasteiger partial charge in [-0.1, -0.05) is 11.6 Å². The molecule has 90 valence electrons. The Kier molecular flexibility index (Phi) is 3.89. The summed E-state index contributed by atoms with van der Waals surface area (Å²) >= 11 is 9.69. The second-order valence-corrected chi connectivity index (χ2v) is 5.03. The van der Waals surface area contributed by atoms with Crippen LogP contribution in [0.3, 0.4) is 0 Å². The van der Waals surface area contributed by atoms with E-state index < -0.39 is 0 Å². The molecule has 0 saturated heterocycles. The fourth-order valence-electron chi connectivity index (χ4n) is 1.91. The van der Waals surface area contributed by atoms with Crippen LogP contribution in [0.5, 0.6) is 0 Å². The number of anilines is 1. The molecule has 0 fully saturated rings. The maximum atomic E-state index is 6.28. The molecule has 1 aromatic carbocycles. The number of rotatable bonds is 3. The molecule has 2 aromatic rings. The zero-order valence-electron chi connectivity index (χ0n) is 9.87. The Morgan fingerprint density at radius 3 is 2.65 bits per heavy atom. The van der Waals surface area contributed by atoms with Gasteiger partial charge in [-0.15, -0.1) is 0 Å². The topological polar surface area (TPSA) is 16.1 Å². The zero-order chi connectivity index (χ0) is 12.4. The van der Waals surface area contributed by atoms with Crippen LogP contribution < -0.4 is 4.90 Å². The first kappa shape index (κ1) is 12.7. The van der Waals surface area contributed by atoms with E-state index in [1.807, 2.05) is 6.07 Å². The van der Waals surface area contributed by atoms with Crippen LogP contribution in [0.4, 0.5) is 5.69 Å². The Hall–Kier alpha value is -0.800. The first-order valence-electron chi connectivity index (χ1n) is 5.66. The van der Waals surface area contributed by atoms with E-state index in [1.165, 1.54) is 5.69 Å². The van der Waals surface area contributed by atoms with E-state index in [0.717, 1.165) is 33.5 Å².